The van der Waals surface area contributed by atoms with Gasteiger partial charge < -0.3 is 5.11 Å². The number of rotatable bonds is 0. The molecule has 1 aliphatic carbocycles. The number of hydrogen-bond acceptors (Lipinski definition) is 1. The zero-order valence-corrected chi connectivity index (χ0v) is 8.60. The third-order valence-electron chi connectivity index (χ3n) is 2.82. The monoisotopic (exact) mass is 196 g/mol. The van der Waals surface area contributed by atoms with Gasteiger partial charge in [-0.25, -0.2) is 0 Å². The number of hydrogen-bond donors (Lipinski definition) is 1. The van der Waals surface area contributed by atoms with Crippen molar-refractivity contribution in [2.75, 3.05) is 0 Å². The smallest absolute Gasteiger partial charge is 0.0847 e. The van der Waals surface area contributed by atoms with E-state index in [0.717, 1.165) is 22.6 Å². The summed E-state index contributed by atoms with van der Waals surface area (Å²) in [6, 6.07) is 5.74. The standard InChI is InChI=1S/C11H13ClO/c1-11(2)6-8-7(10(11)13)4-3-5-9(8)12/h3-5,10,13H,6H2,1-2H3. The number of benzene rings is 1. The van der Waals surface area contributed by atoms with Crippen molar-refractivity contribution in [1.82, 2.24) is 0 Å². The highest BCUT2D eigenvalue weighted by Crippen LogP contribution is 2.46. The molecule has 0 saturated carbocycles. The Morgan fingerprint density at radius 1 is 1.46 bits per heavy atom. The minimum atomic E-state index is -0.374. The lowest BCUT2D eigenvalue weighted by Crippen LogP contribution is -2.16. The van der Waals surface area contributed by atoms with E-state index in [9.17, 15) is 5.11 Å². The molecule has 13 heavy (non-hydrogen) atoms. The van der Waals surface area contributed by atoms with E-state index in [4.69, 9.17) is 11.6 Å². The van der Waals surface area contributed by atoms with E-state index in [1.165, 1.54) is 0 Å². The van der Waals surface area contributed by atoms with E-state index in [0.29, 0.717) is 0 Å². The summed E-state index contributed by atoms with van der Waals surface area (Å²) >= 11 is 6.05. The molecule has 0 spiro atoms. The van der Waals surface area contributed by atoms with Gasteiger partial charge in [0.05, 0.1) is 6.10 Å². The summed E-state index contributed by atoms with van der Waals surface area (Å²) in [7, 11) is 0. The number of aliphatic hydroxyl groups is 1. The van der Waals surface area contributed by atoms with E-state index in [-0.39, 0.29) is 11.5 Å². The molecule has 0 heterocycles. The Kier molecular flexibility index (Phi) is 1.90. The van der Waals surface area contributed by atoms with Gasteiger partial charge in [-0.3, -0.25) is 0 Å². The lowest BCUT2D eigenvalue weighted by molar-refractivity contribution is 0.0666. The van der Waals surface area contributed by atoms with Crippen LogP contribution in [-0.2, 0) is 6.42 Å². The zero-order chi connectivity index (χ0) is 9.64. The molecule has 0 radical (unpaired) electrons. The summed E-state index contributed by atoms with van der Waals surface area (Å²) in [5.74, 6) is 0. The second-order valence-corrected chi connectivity index (χ2v) is 4.78. The SMILES string of the molecule is CC1(C)Cc2c(Cl)cccc2C1O. The molecule has 1 N–H and O–H groups in total. The maximum absolute atomic E-state index is 9.97. The molecule has 1 nitrogen and oxygen atoms in total. The fourth-order valence-corrected chi connectivity index (χ4v) is 2.24. The lowest BCUT2D eigenvalue weighted by Gasteiger charge is -2.22. The van der Waals surface area contributed by atoms with Gasteiger partial charge in [-0.1, -0.05) is 37.6 Å². The van der Waals surface area contributed by atoms with Crippen LogP contribution in [0, 0.1) is 5.41 Å². The Morgan fingerprint density at radius 3 is 2.77 bits per heavy atom. The van der Waals surface area contributed by atoms with Crippen molar-refractivity contribution >= 4 is 11.6 Å². The van der Waals surface area contributed by atoms with Gasteiger partial charge in [-0.2, -0.15) is 0 Å². The highest BCUT2D eigenvalue weighted by atomic mass is 35.5. The van der Waals surface area contributed by atoms with Gasteiger partial charge in [0.1, 0.15) is 0 Å². The van der Waals surface area contributed by atoms with Crippen LogP contribution >= 0.6 is 11.6 Å². The quantitative estimate of drug-likeness (QED) is 0.677. The highest BCUT2D eigenvalue weighted by molar-refractivity contribution is 6.31. The molecule has 0 amide bonds. The Bertz CT molecular complexity index is 344. The van der Waals surface area contributed by atoms with Gasteiger partial charge in [-0.15, -0.1) is 0 Å². The molecule has 1 aliphatic rings. The van der Waals surface area contributed by atoms with Crippen LogP contribution in [-0.4, -0.2) is 5.11 Å². The molecule has 0 saturated heterocycles. The number of aliphatic hydroxyl groups excluding tert-OH is 1. The fraction of sp³-hybridized carbons (Fsp3) is 0.455. The molecule has 2 heteroatoms. The minimum absolute atomic E-state index is 0.0761. The predicted molar refractivity (Wildman–Crippen MR) is 53.9 cm³/mol. The third kappa shape index (κ3) is 1.27. The van der Waals surface area contributed by atoms with Crippen LogP contribution in [0.2, 0.25) is 5.02 Å². The molecule has 2 rings (SSSR count). The average molecular weight is 197 g/mol. The molecule has 1 aromatic rings. The Morgan fingerprint density at radius 2 is 2.15 bits per heavy atom. The first kappa shape index (κ1) is 9.04. The van der Waals surface area contributed by atoms with Gasteiger partial charge in [-0.05, 0) is 29.0 Å². The van der Waals surface area contributed by atoms with E-state index < -0.39 is 0 Å². The van der Waals surface area contributed by atoms with Gasteiger partial charge in [0, 0.05) is 5.02 Å². The van der Waals surface area contributed by atoms with Gasteiger partial charge >= 0.3 is 0 Å². The van der Waals surface area contributed by atoms with Gasteiger partial charge in [0.15, 0.2) is 0 Å². The maximum Gasteiger partial charge on any atom is 0.0847 e. The Balaban J connectivity index is 2.56. The largest absolute Gasteiger partial charge is 0.388 e. The van der Waals surface area contributed by atoms with Gasteiger partial charge in [0.25, 0.3) is 0 Å². The molecule has 0 aliphatic heterocycles. The summed E-state index contributed by atoms with van der Waals surface area (Å²) in [6.07, 6.45) is 0.490. The van der Waals surface area contributed by atoms with Crippen LogP contribution in [0.25, 0.3) is 0 Å². The van der Waals surface area contributed by atoms with Crippen molar-refractivity contribution in [1.29, 1.82) is 0 Å². The van der Waals surface area contributed by atoms with Crippen molar-refractivity contribution in [2.45, 2.75) is 26.4 Å². The van der Waals surface area contributed by atoms with E-state index in [1.54, 1.807) is 0 Å². The van der Waals surface area contributed by atoms with Crippen LogP contribution in [0.5, 0.6) is 0 Å². The van der Waals surface area contributed by atoms with Crippen molar-refractivity contribution < 1.29 is 5.11 Å². The van der Waals surface area contributed by atoms with Crippen LogP contribution in [0.3, 0.4) is 0 Å². The van der Waals surface area contributed by atoms with Gasteiger partial charge in [0.2, 0.25) is 0 Å². The predicted octanol–water partition coefficient (Wildman–Crippen LogP) is 2.96. The molecule has 1 atom stereocenters. The summed E-state index contributed by atoms with van der Waals surface area (Å²) in [6.45, 7) is 4.13. The molecule has 0 bridgehead atoms. The molecular formula is C11H13ClO. The minimum Gasteiger partial charge on any atom is -0.388 e. The van der Waals surface area contributed by atoms with Crippen LogP contribution in [0.1, 0.15) is 31.1 Å². The second kappa shape index (κ2) is 2.73. The van der Waals surface area contributed by atoms with E-state index >= 15 is 0 Å². The molecule has 0 aromatic heterocycles. The van der Waals surface area contributed by atoms with E-state index in [1.807, 2.05) is 18.2 Å². The van der Waals surface area contributed by atoms with Crippen LogP contribution in [0.4, 0.5) is 0 Å². The first-order valence-corrected chi connectivity index (χ1v) is 4.85. The fourth-order valence-electron chi connectivity index (χ4n) is 1.99. The van der Waals surface area contributed by atoms with Crippen molar-refractivity contribution in [3.63, 3.8) is 0 Å². The van der Waals surface area contributed by atoms with Crippen molar-refractivity contribution in [3.8, 4) is 0 Å². The summed E-state index contributed by atoms with van der Waals surface area (Å²) in [5.41, 5.74) is 2.03. The second-order valence-electron chi connectivity index (χ2n) is 4.38. The normalized spacial score (nSPS) is 24.5. The molecular weight excluding hydrogens is 184 g/mol. The topological polar surface area (TPSA) is 20.2 Å². The summed E-state index contributed by atoms with van der Waals surface area (Å²) in [5, 5.41) is 10.8. The number of fused-ring (bicyclic) bond motifs is 1. The average Bonchev–Trinajstić information content (AvgIpc) is 2.28. The molecule has 0 fully saturated rings. The highest BCUT2D eigenvalue weighted by Gasteiger charge is 2.38. The van der Waals surface area contributed by atoms with E-state index in [2.05, 4.69) is 13.8 Å². The molecule has 70 valence electrons. The first-order valence-electron chi connectivity index (χ1n) is 4.48. The Hall–Kier alpha value is -0.530. The first-order chi connectivity index (χ1) is 6.02. The van der Waals surface area contributed by atoms with Crippen molar-refractivity contribution in [2.24, 2.45) is 5.41 Å². The summed E-state index contributed by atoms with van der Waals surface area (Å²) < 4.78 is 0. The number of halogens is 1. The van der Waals surface area contributed by atoms with Crippen LogP contribution < -0.4 is 0 Å². The van der Waals surface area contributed by atoms with Crippen LogP contribution in [0.15, 0.2) is 18.2 Å². The maximum atomic E-state index is 9.97. The third-order valence-corrected chi connectivity index (χ3v) is 3.18. The van der Waals surface area contributed by atoms with Crippen molar-refractivity contribution in [3.05, 3.63) is 34.3 Å². The molecule has 1 aromatic carbocycles. The summed E-state index contributed by atoms with van der Waals surface area (Å²) in [4.78, 5) is 0. The Labute approximate surface area is 83.3 Å². The zero-order valence-electron chi connectivity index (χ0n) is 7.84. The molecule has 1 unspecified atom stereocenters. The lowest BCUT2D eigenvalue weighted by atomic mass is 9.88.